The number of amides is 3. The Kier molecular flexibility index (Phi) is 4.94. The Balaban J connectivity index is 1.43. The molecule has 2 aliphatic heterocycles. The summed E-state index contributed by atoms with van der Waals surface area (Å²) in [6, 6.07) is 3.75. The van der Waals surface area contributed by atoms with Crippen molar-refractivity contribution in [3.63, 3.8) is 0 Å². The van der Waals surface area contributed by atoms with Crippen molar-refractivity contribution in [3.05, 3.63) is 23.9 Å². The molecule has 25 heavy (non-hydrogen) atoms. The number of aromatic nitrogens is 1. The van der Waals surface area contributed by atoms with Crippen LogP contribution in [-0.2, 0) is 4.79 Å². The van der Waals surface area contributed by atoms with E-state index >= 15 is 0 Å². The highest BCUT2D eigenvalue weighted by atomic mass is 16.2. The van der Waals surface area contributed by atoms with Gasteiger partial charge in [-0.15, -0.1) is 0 Å². The first-order valence-corrected chi connectivity index (χ1v) is 8.88. The summed E-state index contributed by atoms with van der Waals surface area (Å²) in [5.74, 6) is 1.34. The van der Waals surface area contributed by atoms with Gasteiger partial charge in [0.2, 0.25) is 0 Å². The summed E-state index contributed by atoms with van der Waals surface area (Å²) in [5, 5.41) is 6.13. The average Bonchev–Trinajstić information content (AvgIpc) is 3.07. The van der Waals surface area contributed by atoms with Crippen LogP contribution < -0.4 is 10.6 Å². The Morgan fingerprint density at radius 1 is 1.36 bits per heavy atom. The molecule has 3 amide bonds. The first kappa shape index (κ1) is 17.7. The van der Waals surface area contributed by atoms with Crippen LogP contribution in [0.1, 0.15) is 25.8 Å². The summed E-state index contributed by atoms with van der Waals surface area (Å²) in [5.41, 5.74) is 0.414. The predicted octanol–water partition coefficient (Wildman–Crippen LogP) is 1.45. The van der Waals surface area contributed by atoms with Crippen molar-refractivity contribution in [2.24, 2.45) is 5.92 Å². The van der Waals surface area contributed by atoms with Crippen LogP contribution in [0.25, 0.3) is 0 Å². The fourth-order valence-electron chi connectivity index (χ4n) is 3.43. The number of hydrogen-bond donors (Lipinski definition) is 2. The van der Waals surface area contributed by atoms with Crippen molar-refractivity contribution in [2.75, 3.05) is 38.0 Å². The van der Waals surface area contributed by atoms with E-state index in [9.17, 15) is 9.59 Å². The summed E-state index contributed by atoms with van der Waals surface area (Å²) in [4.78, 5) is 32.1. The summed E-state index contributed by atoms with van der Waals surface area (Å²) >= 11 is 0. The van der Waals surface area contributed by atoms with Gasteiger partial charge in [0, 0.05) is 32.4 Å². The van der Waals surface area contributed by atoms with E-state index in [2.05, 4.69) is 27.4 Å². The summed E-state index contributed by atoms with van der Waals surface area (Å²) < 4.78 is 0. The topological polar surface area (TPSA) is 77.6 Å². The summed E-state index contributed by atoms with van der Waals surface area (Å²) in [6.07, 6.45) is 2.93. The van der Waals surface area contributed by atoms with Crippen LogP contribution in [0, 0.1) is 12.8 Å². The number of hydrogen-bond acceptors (Lipinski definition) is 5. The molecule has 1 aromatic heterocycles. The number of imide groups is 1. The Labute approximate surface area is 148 Å². The highest BCUT2D eigenvalue weighted by Gasteiger charge is 2.44. The molecule has 0 aliphatic carbocycles. The molecule has 7 nitrogen and oxygen atoms in total. The van der Waals surface area contributed by atoms with Crippen LogP contribution in [0.15, 0.2) is 18.3 Å². The lowest BCUT2D eigenvalue weighted by Crippen LogP contribution is -2.41. The predicted molar refractivity (Wildman–Crippen MR) is 96.3 cm³/mol. The third-order valence-electron chi connectivity index (χ3n) is 4.94. The zero-order valence-corrected chi connectivity index (χ0v) is 15.2. The SMILES string of the molecule is Cc1ccnc(NC[C@H]2CCN(CCN3C(=O)NC(C)(C)C3=O)C2)c1. The molecule has 0 unspecified atom stereocenters. The highest BCUT2D eigenvalue weighted by Crippen LogP contribution is 2.19. The fraction of sp³-hybridized carbons (Fsp3) is 0.611. The third kappa shape index (κ3) is 4.10. The molecule has 7 heteroatoms. The van der Waals surface area contributed by atoms with Gasteiger partial charge in [0.1, 0.15) is 11.4 Å². The maximum absolute atomic E-state index is 12.2. The standard InChI is InChI=1S/C18H27N5O2/c1-13-4-6-19-15(10-13)20-11-14-5-7-22(12-14)8-9-23-16(24)18(2,3)21-17(23)25/h4,6,10,14H,5,7-9,11-12H2,1-3H3,(H,19,20)(H,21,25)/t14-/m1/s1. The molecule has 1 aromatic rings. The lowest BCUT2D eigenvalue weighted by molar-refractivity contribution is -0.130. The second-order valence-corrected chi connectivity index (χ2v) is 7.57. The van der Waals surface area contributed by atoms with Crippen molar-refractivity contribution in [2.45, 2.75) is 32.7 Å². The lowest BCUT2D eigenvalue weighted by Gasteiger charge is -2.20. The van der Waals surface area contributed by atoms with Gasteiger partial charge in [-0.25, -0.2) is 9.78 Å². The number of nitrogens with one attached hydrogen (secondary N) is 2. The molecular formula is C18H27N5O2. The van der Waals surface area contributed by atoms with Gasteiger partial charge < -0.3 is 15.5 Å². The largest absolute Gasteiger partial charge is 0.370 e. The van der Waals surface area contributed by atoms with E-state index in [1.807, 2.05) is 18.3 Å². The van der Waals surface area contributed by atoms with Crippen molar-refractivity contribution < 1.29 is 9.59 Å². The van der Waals surface area contributed by atoms with E-state index in [4.69, 9.17) is 0 Å². The molecule has 0 spiro atoms. The van der Waals surface area contributed by atoms with E-state index in [-0.39, 0.29) is 11.9 Å². The maximum atomic E-state index is 12.2. The minimum absolute atomic E-state index is 0.138. The van der Waals surface area contributed by atoms with Gasteiger partial charge in [0.15, 0.2) is 0 Å². The molecule has 3 rings (SSSR count). The molecule has 2 N–H and O–H groups in total. The molecule has 0 radical (unpaired) electrons. The first-order chi connectivity index (χ1) is 11.8. The van der Waals surface area contributed by atoms with Gasteiger partial charge in [0.25, 0.3) is 5.91 Å². The van der Waals surface area contributed by atoms with E-state index in [1.165, 1.54) is 10.5 Å². The smallest absolute Gasteiger partial charge is 0.325 e. The number of nitrogens with zero attached hydrogens (tertiary/aromatic N) is 3. The Morgan fingerprint density at radius 2 is 2.16 bits per heavy atom. The Bertz CT molecular complexity index is 661. The van der Waals surface area contributed by atoms with Crippen molar-refractivity contribution in [1.29, 1.82) is 0 Å². The van der Waals surface area contributed by atoms with E-state index in [0.29, 0.717) is 12.5 Å². The molecule has 2 saturated heterocycles. The molecule has 0 aromatic carbocycles. The second kappa shape index (κ2) is 7.00. The van der Waals surface area contributed by atoms with Crippen molar-refractivity contribution in [3.8, 4) is 0 Å². The molecular weight excluding hydrogens is 318 g/mol. The molecule has 1 atom stereocenters. The number of carbonyl (C=O) groups excluding carboxylic acids is 2. The normalized spacial score (nSPS) is 23.2. The van der Waals surface area contributed by atoms with Gasteiger partial charge in [-0.3, -0.25) is 9.69 Å². The fourth-order valence-corrected chi connectivity index (χ4v) is 3.43. The summed E-state index contributed by atoms with van der Waals surface area (Å²) in [6.45, 7) is 9.59. The Morgan fingerprint density at radius 3 is 2.84 bits per heavy atom. The van der Waals surface area contributed by atoms with Crippen LogP contribution in [0.4, 0.5) is 10.6 Å². The average molecular weight is 345 g/mol. The monoisotopic (exact) mass is 345 g/mol. The minimum Gasteiger partial charge on any atom is -0.370 e. The molecule has 3 heterocycles. The number of anilines is 1. The number of urea groups is 1. The quantitative estimate of drug-likeness (QED) is 0.763. The summed E-state index contributed by atoms with van der Waals surface area (Å²) in [7, 11) is 0. The van der Waals surface area contributed by atoms with E-state index in [0.717, 1.165) is 38.4 Å². The van der Waals surface area contributed by atoms with Crippen LogP contribution in [-0.4, -0.2) is 65.0 Å². The van der Waals surface area contributed by atoms with E-state index < -0.39 is 5.54 Å². The van der Waals surface area contributed by atoms with Crippen molar-refractivity contribution >= 4 is 17.8 Å². The minimum atomic E-state index is -0.782. The number of rotatable bonds is 6. The highest BCUT2D eigenvalue weighted by molar-refractivity contribution is 6.06. The van der Waals surface area contributed by atoms with Crippen LogP contribution in [0.3, 0.4) is 0 Å². The molecule has 0 saturated carbocycles. The van der Waals surface area contributed by atoms with Gasteiger partial charge in [-0.1, -0.05) is 0 Å². The molecule has 2 aliphatic rings. The van der Waals surface area contributed by atoms with Crippen LogP contribution in [0.2, 0.25) is 0 Å². The van der Waals surface area contributed by atoms with Gasteiger partial charge in [0.05, 0.1) is 0 Å². The third-order valence-corrected chi connectivity index (χ3v) is 4.94. The zero-order valence-electron chi connectivity index (χ0n) is 15.2. The van der Waals surface area contributed by atoms with E-state index in [1.54, 1.807) is 13.8 Å². The zero-order chi connectivity index (χ0) is 18.0. The van der Waals surface area contributed by atoms with Crippen molar-refractivity contribution in [1.82, 2.24) is 20.1 Å². The van der Waals surface area contributed by atoms with Gasteiger partial charge >= 0.3 is 6.03 Å². The Hall–Kier alpha value is -2.15. The number of carbonyl (C=O) groups is 2. The number of likely N-dealkylation sites (tertiary alicyclic amines) is 1. The first-order valence-electron chi connectivity index (χ1n) is 8.88. The lowest BCUT2D eigenvalue weighted by atomic mass is 10.1. The molecule has 0 bridgehead atoms. The van der Waals surface area contributed by atoms with Gasteiger partial charge in [-0.2, -0.15) is 0 Å². The van der Waals surface area contributed by atoms with Gasteiger partial charge in [-0.05, 0) is 57.4 Å². The molecule has 2 fully saturated rings. The molecule has 136 valence electrons. The number of pyridine rings is 1. The maximum Gasteiger partial charge on any atom is 0.325 e. The van der Waals surface area contributed by atoms with Crippen LogP contribution in [0.5, 0.6) is 0 Å². The van der Waals surface area contributed by atoms with Crippen LogP contribution >= 0.6 is 0 Å². The second-order valence-electron chi connectivity index (χ2n) is 7.57. The number of aryl methyl sites for hydroxylation is 1.